The Morgan fingerprint density at radius 2 is 1.87 bits per heavy atom. The van der Waals surface area contributed by atoms with Crippen LogP contribution in [0.2, 0.25) is 0 Å². The Morgan fingerprint density at radius 3 is 2.52 bits per heavy atom. The first-order valence-corrected chi connectivity index (χ1v) is 11.1. The second-order valence-corrected chi connectivity index (χ2v) is 7.72. The van der Waals surface area contributed by atoms with E-state index in [1.807, 2.05) is 25.1 Å². The smallest absolute Gasteiger partial charge is 0.333 e. The lowest BCUT2D eigenvalue weighted by Crippen LogP contribution is -2.26. The van der Waals surface area contributed by atoms with E-state index in [0.29, 0.717) is 24.8 Å². The zero-order valence-corrected chi connectivity index (χ0v) is 18.3. The summed E-state index contributed by atoms with van der Waals surface area (Å²) < 4.78 is 11.1. The van der Waals surface area contributed by atoms with Gasteiger partial charge in [0.05, 0.1) is 24.8 Å². The number of carbonyl (C=O) groups is 1. The molecule has 0 radical (unpaired) electrons. The molecule has 1 unspecified atom stereocenters. The quantitative estimate of drug-likeness (QED) is 0.541. The number of nitrogens with one attached hydrogen (secondary N) is 2. The molecular weight excluding hydrogens is 390 g/mol. The van der Waals surface area contributed by atoms with Gasteiger partial charge in [-0.3, -0.25) is 0 Å². The second kappa shape index (κ2) is 11.4. The Hall–Kier alpha value is -3.04. The van der Waals surface area contributed by atoms with Gasteiger partial charge in [0.25, 0.3) is 0 Å². The maximum absolute atomic E-state index is 12.8. The molecule has 31 heavy (non-hydrogen) atoms. The molecule has 0 aromatic heterocycles. The van der Waals surface area contributed by atoms with Gasteiger partial charge in [-0.25, -0.2) is 4.79 Å². The van der Waals surface area contributed by atoms with E-state index in [2.05, 4.69) is 16.7 Å². The molecule has 2 aromatic carbocycles. The lowest BCUT2D eigenvalue weighted by atomic mass is 10.0. The fourth-order valence-electron chi connectivity index (χ4n) is 3.91. The highest BCUT2D eigenvalue weighted by molar-refractivity contribution is 5.81. The minimum atomic E-state index is -0.682. The molecule has 0 spiro atoms. The molecule has 6 nitrogen and oxygen atoms in total. The SMILES string of the molecule is CCOC(=O)C(Nc1ccc(C#N)cc1)c1cc(CNC2CCCC2)cc(OCC)c1. The van der Waals surface area contributed by atoms with Crippen molar-refractivity contribution in [1.29, 1.82) is 5.26 Å². The molecule has 3 rings (SSSR count). The van der Waals surface area contributed by atoms with Gasteiger partial charge in [-0.15, -0.1) is 0 Å². The molecule has 164 valence electrons. The van der Waals surface area contributed by atoms with Crippen LogP contribution in [0, 0.1) is 11.3 Å². The monoisotopic (exact) mass is 421 g/mol. The minimum Gasteiger partial charge on any atom is -0.494 e. The Bertz CT molecular complexity index is 899. The molecule has 0 heterocycles. The average Bonchev–Trinajstić information content (AvgIpc) is 3.30. The van der Waals surface area contributed by atoms with Gasteiger partial charge in [-0.05, 0) is 74.2 Å². The molecular formula is C25H31N3O3. The third kappa shape index (κ3) is 6.47. The van der Waals surface area contributed by atoms with Crippen molar-refractivity contribution >= 4 is 11.7 Å². The maximum atomic E-state index is 12.8. The van der Waals surface area contributed by atoms with E-state index in [0.717, 1.165) is 29.1 Å². The van der Waals surface area contributed by atoms with Crippen LogP contribution in [0.4, 0.5) is 5.69 Å². The molecule has 1 saturated carbocycles. The van der Waals surface area contributed by atoms with E-state index in [-0.39, 0.29) is 5.97 Å². The average molecular weight is 422 g/mol. The third-order valence-electron chi connectivity index (χ3n) is 5.43. The highest BCUT2D eigenvalue weighted by atomic mass is 16.5. The van der Waals surface area contributed by atoms with Crippen LogP contribution in [0.1, 0.15) is 62.3 Å². The van der Waals surface area contributed by atoms with Gasteiger partial charge in [0.2, 0.25) is 0 Å². The van der Waals surface area contributed by atoms with Crippen molar-refractivity contribution in [2.45, 2.75) is 58.2 Å². The molecule has 0 aliphatic heterocycles. The summed E-state index contributed by atoms with van der Waals surface area (Å²) in [5, 5.41) is 15.9. The first kappa shape index (κ1) is 22.6. The first-order chi connectivity index (χ1) is 15.1. The van der Waals surface area contributed by atoms with Crippen molar-refractivity contribution in [2.24, 2.45) is 0 Å². The Morgan fingerprint density at radius 1 is 1.13 bits per heavy atom. The molecule has 0 bridgehead atoms. The highest BCUT2D eigenvalue weighted by Gasteiger charge is 2.24. The minimum absolute atomic E-state index is 0.297. The van der Waals surface area contributed by atoms with Gasteiger partial charge >= 0.3 is 5.97 Å². The molecule has 0 amide bonds. The number of anilines is 1. The summed E-state index contributed by atoms with van der Waals surface area (Å²) in [5.41, 5.74) is 3.17. The van der Waals surface area contributed by atoms with Crippen molar-refractivity contribution in [2.75, 3.05) is 18.5 Å². The number of carbonyl (C=O) groups excluding carboxylic acids is 1. The van der Waals surface area contributed by atoms with Crippen molar-refractivity contribution in [3.63, 3.8) is 0 Å². The predicted molar refractivity (Wildman–Crippen MR) is 121 cm³/mol. The normalized spacial score (nSPS) is 14.6. The molecule has 6 heteroatoms. The highest BCUT2D eigenvalue weighted by Crippen LogP contribution is 2.27. The van der Waals surface area contributed by atoms with Crippen LogP contribution in [0.25, 0.3) is 0 Å². The molecule has 1 fully saturated rings. The fraction of sp³-hybridized carbons (Fsp3) is 0.440. The van der Waals surface area contributed by atoms with E-state index in [9.17, 15) is 4.79 Å². The van der Waals surface area contributed by atoms with Crippen LogP contribution >= 0.6 is 0 Å². The Kier molecular flexibility index (Phi) is 8.31. The molecule has 1 aliphatic carbocycles. The van der Waals surface area contributed by atoms with Crippen LogP contribution in [-0.4, -0.2) is 25.2 Å². The number of ether oxygens (including phenoxy) is 2. The zero-order chi connectivity index (χ0) is 22.1. The van der Waals surface area contributed by atoms with Crippen LogP contribution < -0.4 is 15.4 Å². The van der Waals surface area contributed by atoms with Crippen molar-refractivity contribution < 1.29 is 14.3 Å². The third-order valence-corrected chi connectivity index (χ3v) is 5.43. The van der Waals surface area contributed by atoms with Gasteiger partial charge < -0.3 is 20.1 Å². The summed E-state index contributed by atoms with van der Waals surface area (Å²) in [5.74, 6) is 0.384. The summed E-state index contributed by atoms with van der Waals surface area (Å²) in [4.78, 5) is 12.8. The lowest BCUT2D eigenvalue weighted by molar-refractivity contribution is -0.144. The number of nitriles is 1. The predicted octanol–water partition coefficient (Wildman–Crippen LogP) is 4.71. The number of nitrogens with zero attached hydrogens (tertiary/aromatic N) is 1. The number of esters is 1. The molecule has 2 aromatic rings. The lowest BCUT2D eigenvalue weighted by Gasteiger charge is -2.21. The van der Waals surface area contributed by atoms with E-state index in [4.69, 9.17) is 14.7 Å². The van der Waals surface area contributed by atoms with Crippen LogP contribution in [-0.2, 0) is 16.1 Å². The molecule has 1 aliphatic rings. The van der Waals surface area contributed by atoms with E-state index in [1.54, 1.807) is 31.2 Å². The van der Waals surface area contributed by atoms with Crippen molar-refractivity contribution in [3.05, 3.63) is 59.2 Å². The van der Waals surface area contributed by atoms with E-state index < -0.39 is 6.04 Å². The standard InChI is InChI=1S/C25H31N3O3/c1-3-30-23-14-19(17-27-21-7-5-6-8-21)13-20(15-23)24(25(29)31-4-2)28-22-11-9-18(16-26)10-12-22/h9-15,21,24,27-28H,3-8,17H2,1-2H3. The number of benzene rings is 2. The van der Waals surface area contributed by atoms with E-state index >= 15 is 0 Å². The van der Waals surface area contributed by atoms with Crippen molar-refractivity contribution in [3.8, 4) is 11.8 Å². The second-order valence-electron chi connectivity index (χ2n) is 7.72. The van der Waals surface area contributed by atoms with Crippen molar-refractivity contribution in [1.82, 2.24) is 5.32 Å². The van der Waals surface area contributed by atoms with Gasteiger partial charge in [0.15, 0.2) is 6.04 Å². The molecule has 0 saturated heterocycles. The summed E-state index contributed by atoms with van der Waals surface area (Å²) in [6.07, 6.45) is 4.98. The molecule has 2 N–H and O–H groups in total. The molecule has 1 atom stereocenters. The number of hydrogen-bond acceptors (Lipinski definition) is 6. The topological polar surface area (TPSA) is 83.4 Å². The van der Waals surface area contributed by atoms with Gasteiger partial charge in [-0.2, -0.15) is 5.26 Å². The van der Waals surface area contributed by atoms with Gasteiger partial charge in [-0.1, -0.05) is 18.9 Å². The zero-order valence-electron chi connectivity index (χ0n) is 18.3. The van der Waals surface area contributed by atoms with Crippen LogP contribution in [0.3, 0.4) is 0 Å². The summed E-state index contributed by atoms with van der Waals surface area (Å²) >= 11 is 0. The van der Waals surface area contributed by atoms with E-state index in [1.165, 1.54) is 25.7 Å². The summed E-state index contributed by atoms with van der Waals surface area (Å²) in [6, 6.07) is 14.9. The largest absolute Gasteiger partial charge is 0.494 e. The summed E-state index contributed by atoms with van der Waals surface area (Å²) in [6.45, 7) is 5.31. The van der Waals surface area contributed by atoms with Crippen LogP contribution in [0.15, 0.2) is 42.5 Å². The maximum Gasteiger partial charge on any atom is 0.333 e. The first-order valence-electron chi connectivity index (χ1n) is 11.1. The van der Waals surface area contributed by atoms with Gasteiger partial charge in [0, 0.05) is 18.3 Å². The number of hydrogen-bond donors (Lipinski definition) is 2. The number of rotatable bonds is 10. The Labute approximate surface area is 184 Å². The fourth-order valence-corrected chi connectivity index (χ4v) is 3.91. The summed E-state index contributed by atoms with van der Waals surface area (Å²) in [7, 11) is 0. The Balaban J connectivity index is 1.87. The van der Waals surface area contributed by atoms with Gasteiger partial charge in [0.1, 0.15) is 5.75 Å². The van der Waals surface area contributed by atoms with Crippen LogP contribution in [0.5, 0.6) is 5.75 Å².